The Hall–Kier alpha value is -1.36. The number of aromatic nitrogens is 2. The van der Waals surface area contributed by atoms with Crippen molar-refractivity contribution in [1.82, 2.24) is 9.97 Å². The molecule has 1 aromatic heterocycles. The van der Waals surface area contributed by atoms with Crippen molar-refractivity contribution < 1.29 is 4.74 Å². The lowest BCUT2D eigenvalue weighted by molar-refractivity contribution is 0.232. The van der Waals surface area contributed by atoms with E-state index in [1.807, 2.05) is 33.8 Å². The van der Waals surface area contributed by atoms with Crippen LogP contribution in [0, 0.1) is 6.92 Å². The summed E-state index contributed by atoms with van der Waals surface area (Å²) < 4.78 is 5.55. The average molecular weight is 238 g/mol. The topological polar surface area (TPSA) is 73.1 Å². The molecular formula is C12H22N4O. The van der Waals surface area contributed by atoms with E-state index in [9.17, 15) is 0 Å². The van der Waals surface area contributed by atoms with Gasteiger partial charge in [-0.05, 0) is 34.1 Å². The van der Waals surface area contributed by atoms with Gasteiger partial charge in [0.15, 0.2) is 0 Å². The first-order valence-electron chi connectivity index (χ1n) is 5.99. The highest BCUT2D eigenvalue weighted by atomic mass is 16.5. The molecule has 0 amide bonds. The van der Waals surface area contributed by atoms with Gasteiger partial charge < -0.3 is 15.8 Å². The Kier molecular flexibility index (Phi) is 5.15. The molecule has 0 fully saturated rings. The first-order valence-corrected chi connectivity index (χ1v) is 5.99. The van der Waals surface area contributed by atoms with Gasteiger partial charge in [0.25, 0.3) is 0 Å². The van der Waals surface area contributed by atoms with Crippen LogP contribution in [-0.2, 0) is 0 Å². The summed E-state index contributed by atoms with van der Waals surface area (Å²) in [6, 6.07) is 2.01. The third-order valence-electron chi connectivity index (χ3n) is 2.07. The molecule has 0 aromatic carbocycles. The number of nitrogens with zero attached hydrogens (tertiary/aromatic N) is 2. The van der Waals surface area contributed by atoms with Crippen LogP contribution in [0.15, 0.2) is 6.07 Å². The Morgan fingerprint density at radius 3 is 2.65 bits per heavy atom. The SMILES string of the molecule is Cc1cc(OC(C)C)nc(NCCC(C)N)n1. The normalized spacial score (nSPS) is 12.6. The molecule has 1 atom stereocenters. The molecule has 0 saturated carbocycles. The number of aryl methyl sites for hydroxylation is 1. The summed E-state index contributed by atoms with van der Waals surface area (Å²) in [4.78, 5) is 8.58. The summed E-state index contributed by atoms with van der Waals surface area (Å²) in [7, 11) is 0. The fourth-order valence-electron chi connectivity index (χ4n) is 1.33. The zero-order valence-corrected chi connectivity index (χ0v) is 11.0. The van der Waals surface area contributed by atoms with Crippen molar-refractivity contribution in [2.45, 2.75) is 46.3 Å². The van der Waals surface area contributed by atoms with Gasteiger partial charge in [-0.1, -0.05) is 0 Å². The molecule has 5 nitrogen and oxygen atoms in total. The second kappa shape index (κ2) is 6.39. The Balaban J connectivity index is 2.62. The Labute approximate surface area is 103 Å². The van der Waals surface area contributed by atoms with Crippen LogP contribution in [-0.4, -0.2) is 28.7 Å². The van der Waals surface area contributed by atoms with Gasteiger partial charge in [-0.3, -0.25) is 0 Å². The van der Waals surface area contributed by atoms with Crippen molar-refractivity contribution >= 4 is 5.95 Å². The molecule has 1 heterocycles. The largest absolute Gasteiger partial charge is 0.475 e. The van der Waals surface area contributed by atoms with Crippen molar-refractivity contribution in [2.24, 2.45) is 5.73 Å². The van der Waals surface area contributed by atoms with Crippen LogP contribution in [0.1, 0.15) is 32.9 Å². The Morgan fingerprint density at radius 2 is 2.06 bits per heavy atom. The fraction of sp³-hybridized carbons (Fsp3) is 0.667. The average Bonchev–Trinajstić information content (AvgIpc) is 2.14. The summed E-state index contributed by atoms with van der Waals surface area (Å²) in [5, 5.41) is 3.15. The lowest BCUT2D eigenvalue weighted by Crippen LogP contribution is -2.20. The standard InChI is InChI=1S/C12H22N4O/c1-8(2)17-11-7-10(4)15-12(16-11)14-6-5-9(3)13/h7-9H,5-6,13H2,1-4H3,(H,14,15,16). The molecule has 0 aliphatic rings. The highest BCUT2D eigenvalue weighted by molar-refractivity contribution is 5.30. The predicted octanol–water partition coefficient (Wildman–Crippen LogP) is 1.72. The van der Waals surface area contributed by atoms with Crippen LogP contribution < -0.4 is 15.8 Å². The number of hydrogen-bond acceptors (Lipinski definition) is 5. The molecule has 0 spiro atoms. The van der Waals surface area contributed by atoms with E-state index in [2.05, 4.69) is 15.3 Å². The second-order valence-electron chi connectivity index (χ2n) is 4.53. The minimum Gasteiger partial charge on any atom is -0.475 e. The van der Waals surface area contributed by atoms with Crippen LogP contribution in [0.3, 0.4) is 0 Å². The maximum Gasteiger partial charge on any atom is 0.226 e. The van der Waals surface area contributed by atoms with Crippen molar-refractivity contribution in [2.75, 3.05) is 11.9 Å². The van der Waals surface area contributed by atoms with E-state index in [1.54, 1.807) is 0 Å². The van der Waals surface area contributed by atoms with Crippen LogP contribution in [0.4, 0.5) is 5.95 Å². The van der Waals surface area contributed by atoms with Crippen LogP contribution in [0.25, 0.3) is 0 Å². The summed E-state index contributed by atoms with van der Waals surface area (Å²) in [5.41, 5.74) is 6.56. The number of nitrogens with two attached hydrogens (primary N) is 1. The van der Waals surface area contributed by atoms with E-state index in [4.69, 9.17) is 10.5 Å². The Morgan fingerprint density at radius 1 is 1.35 bits per heavy atom. The zero-order valence-electron chi connectivity index (χ0n) is 11.0. The minimum atomic E-state index is 0.112. The van der Waals surface area contributed by atoms with E-state index in [1.165, 1.54) is 0 Å². The lowest BCUT2D eigenvalue weighted by Gasteiger charge is -2.12. The van der Waals surface area contributed by atoms with Crippen molar-refractivity contribution in [3.8, 4) is 5.88 Å². The summed E-state index contributed by atoms with van der Waals surface area (Å²) in [6.45, 7) is 8.61. The van der Waals surface area contributed by atoms with Gasteiger partial charge in [-0.15, -0.1) is 0 Å². The second-order valence-corrected chi connectivity index (χ2v) is 4.53. The van der Waals surface area contributed by atoms with Crippen molar-refractivity contribution in [1.29, 1.82) is 0 Å². The summed E-state index contributed by atoms with van der Waals surface area (Å²) in [6.07, 6.45) is 0.999. The third-order valence-corrected chi connectivity index (χ3v) is 2.07. The molecule has 17 heavy (non-hydrogen) atoms. The van der Waals surface area contributed by atoms with Crippen LogP contribution in [0.2, 0.25) is 0 Å². The van der Waals surface area contributed by atoms with E-state index < -0.39 is 0 Å². The smallest absolute Gasteiger partial charge is 0.226 e. The molecule has 0 saturated heterocycles. The molecular weight excluding hydrogens is 216 g/mol. The fourth-order valence-corrected chi connectivity index (χ4v) is 1.33. The number of hydrogen-bond donors (Lipinski definition) is 2. The lowest BCUT2D eigenvalue weighted by atomic mass is 10.2. The van der Waals surface area contributed by atoms with Gasteiger partial charge in [0, 0.05) is 24.3 Å². The minimum absolute atomic E-state index is 0.112. The maximum atomic E-state index is 5.68. The first-order chi connectivity index (χ1) is 7.97. The van der Waals surface area contributed by atoms with Gasteiger partial charge in [0.1, 0.15) is 0 Å². The molecule has 5 heteroatoms. The van der Waals surface area contributed by atoms with E-state index in [0.717, 1.165) is 18.7 Å². The molecule has 0 aliphatic heterocycles. The molecule has 3 N–H and O–H groups in total. The van der Waals surface area contributed by atoms with Crippen molar-refractivity contribution in [3.05, 3.63) is 11.8 Å². The molecule has 1 rings (SSSR count). The maximum absolute atomic E-state index is 5.68. The van der Waals surface area contributed by atoms with E-state index in [0.29, 0.717) is 11.8 Å². The highest BCUT2D eigenvalue weighted by Gasteiger charge is 2.04. The van der Waals surface area contributed by atoms with E-state index >= 15 is 0 Å². The molecule has 96 valence electrons. The zero-order chi connectivity index (χ0) is 12.8. The predicted molar refractivity (Wildman–Crippen MR) is 69.3 cm³/mol. The van der Waals surface area contributed by atoms with Gasteiger partial charge in [0.2, 0.25) is 11.8 Å². The highest BCUT2D eigenvalue weighted by Crippen LogP contribution is 2.13. The third kappa shape index (κ3) is 5.49. The number of ether oxygens (including phenoxy) is 1. The quantitative estimate of drug-likeness (QED) is 0.789. The monoisotopic (exact) mass is 238 g/mol. The van der Waals surface area contributed by atoms with Gasteiger partial charge in [-0.25, -0.2) is 4.98 Å². The van der Waals surface area contributed by atoms with Gasteiger partial charge >= 0.3 is 0 Å². The van der Waals surface area contributed by atoms with Crippen LogP contribution in [0.5, 0.6) is 5.88 Å². The number of nitrogens with one attached hydrogen (secondary N) is 1. The molecule has 0 radical (unpaired) electrons. The molecule has 1 unspecified atom stereocenters. The van der Waals surface area contributed by atoms with Gasteiger partial charge in [0.05, 0.1) is 6.10 Å². The Bertz CT molecular complexity index is 352. The molecule has 0 aliphatic carbocycles. The van der Waals surface area contributed by atoms with Crippen molar-refractivity contribution in [3.63, 3.8) is 0 Å². The summed E-state index contributed by atoms with van der Waals surface area (Å²) >= 11 is 0. The van der Waals surface area contributed by atoms with Crippen LogP contribution >= 0.6 is 0 Å². The van der Waals surface area contributed by atoms with Gasteiger partial charge in [-0.2, -0.15) is 4.98 Å². The molecule has 1 aromatic rings. The van der Waals surface area contributed by atoms with E-state index in [-0.39, 0.29) is 12.1 Å². The number of anilines is 1. The number of rotatable bonds is 6. The molecule has 0 bridgehead atoms. The first kappa shape index (κ1) is 13.7. The summed E-state index contributed by atoms with van der Waals surface area (Å²) in [5.74, 6) is 1.21.